The van der Waals surface area contributed by atoms with Crippen molar-refractivity contribution in [2.24, 2.45) is 52.1 Å². The van der Waals surface area contributed by atoms with Crippen LogP contribution in [0, 0.1) is 46.3 Å². The Bertz CT molecular complexity index is 743. The predicted octanol–water partition coefficient (Wildman–Crippen LogP) is 5.52. The minimum Gasteiger partial charge on any atom is -0.374 e. The summed E-state index contributed by atoms with van der Waals surface area (Å²) in [5.74, 6) is 4.61. The Hall–Kier alpha value is -0.670. The minimum absolute atomic E-state index is 0.140. The largest absolute Gasteiger partial charge is 0.374 e. The normalized spacial score (nSPS) is 52.5. The van der Waals surface area contributed by atoms with Crippen LogP contribution in [0.25, 0.3) is 0 Å². The van der Waals surface area contributed by atoms with Gasteiger partial charge in [-0.15, -0.1) is 0 Å². The molecular formula is C27H43NO2. The van der Waals surface area contributed by atoms with Crippen molar-refractivity contribution in [2.75, 3.05) is 0 Å². The highest BCUT2D eigenvalue weighted by molar-refractivity contribution is 5.96. The molecule has 2 N–H and O–H groups in total. The topological polar surface area (TPSA) is 52.3 Å². The molecule has 1 saturated heterocycles. The van der Waals surface area contributed by atoms with Crippen molar-refractivity contribution in [2.45, 2.75) is 104 Å². The first-order valence-corrected chi connectivity index (χ1v) is 12.8. The van der Waals surface area contributed by atoms with Crippen molar-refractivity contribution in [3.8, 4) is 0 Å². The summed E-state index contributed by atoms with van der Waals surface area (Å²) < 4.78 is 6.77. The second kappa shape index (κ2) is 7.17. The number of ether oxygens (including phenoxy) is 1. The van der Waals surface area contributed by atoms with E-state index in [-0.39, 0.29) is 17.2 Å². The fraction of sp³-hybridized carbons (Fsp3) is 0.889. The van der Waals surface area contributed by atoms with Gasteiger partial charge in [0, 0.05) is 0 Å². The van der Waals surface area contributed by atoms with E-state index in [2.05, 4.69) is 34.6 Å². The van der Waals surface area contributed by atoms with Crippen LogP contribution in [0.5, 0.6) is 0 Å². The van der Waals surface area contributed by atoms with Gasteiger partial charge in [-0.3, -0.25) is 4.79 Å². The molecule has 0 aromatic carbocycles. The van der Waals surface area contributed by atoms with Crippen LogP contribution in [-0.2, 0) is 9.53 Å². The van der Waals surface area contributed by atoms with Crippen molar-refractivity contribution >= 4 is 5.78 Å². The van der Waals surface area contributed by atoms with E-state index < -0.39 is 0 Å². The highest BCUT2D eigenvalue weighted by Gasteiger charge is 2.65. The second-order valence-corrected chi connectivity index (χ2v) is 12.6. The van der Waals surface area contributed by atoms with Gasteiger partial charge in [0.2, 0.25) is 0 Å². The highest BCUT2D eigenvalue weighted by atomic mass is 16.5. The lowest BCUT2D eigenvalue weighted by atomic mass is 9.46. The van der Waals surface area contributed by atoms with Crippen LogP contribution in [0.3, 0.4) is 0 Å². The van der Waals surface area contributed by atoms with Crippen LogP contribution < -0.4 is 5.73 Å². The molecule has 0 radical (unpaired) electrons. The summed E-state index contributed by atoms with van der Waals surface area (Å²) >= 11 is 0. The molecule has 4 aliphatic carbocycles. The van der Waals surface area contributed by atoms with E-state index in [0.717, 1.165) is 36.5 Å². The highest BCUT2D eigenvalue weighted by Crippen LogP contribution is 2.69. The second-order valence-electron chi connectivity index (χ2n) is 12.6. The van der Waals surface area contributed by atoms with Gasteiger partial charge >= 0.3 is 0 Å². The lowest BCUT2D eigenvalue weighted by molar-refractivity contribution is -0.119. The SMILES string of the molecule is CC(C)CC[C@H]1O[C@H]2C[C@H]3[C@@H]4CCC5=CC(=O)C(N)C[C@]5(C)[C@H]4CC[C@]3(C)[C@H]2[C@@H]1C. The maximum Gasteiger partial charge on any atom is 0.172 e. The summed E-state index contributed by atoms with van der Waals surface area (Å²) in [7, 11) is 0. The van der Waals surface area contributed by atoms with Gasteiger partial charge in [-0.25, -0.2) is 0 Å². The first-order chi connectivity index (χ1) is 14.1. The summed E-state index contributed by atoms with van der Waals surface area (Å²) in [5, 5.41) is 0. The standard InChI is InChI=1S/C27H43NO2/c1-15(2)6-9-23-16(3)25-24(30-23)13-20-18-8-7-17-12-22(29)21(28)14-27(17,5)19(18)10-11-26(20,25)4/h12,15-16,18-21,23-25H,6-11,13-14,28H2,1-5H3/t16-,18-,19+,20+,21?,23-,24+,25+,26+,27+/m1/s1. The Morgan fingerprint density at radius 1 is 1.23 bits per heavy atom. The summed E-state index contributed by atoms with van der Waals surface area (Å²) in [5.41, 5.74) is 8.25. The van der Waals surface area contributed by atoms with Gasteiger partial charge in [0.25, 0.3) is 0 Å². The van der Waals surface area contributed by atoms with Crippen LogP contribution in [0.2, 0.25) is 0 Å². The number of carbonyl (C=O) groups is 1. The number of nitrogens with two attached hydrogens (primary N) is 1. The zero-order valence-electron chi connectivity index (χ0n) is 19.8. The molecule has 3 saturated carbocycles. The van der Waals surface area contributed by atoms with Gasteiger partial charge in [0.15, 0.2) is 5.78 Å². The molecule has 0 spiro atoms. The van der Waals surface area contributed by atoms with E-state index in [1.165, 1.54) is 44.1 Å². The summed E-state index contributed by atoms with van der Waals surface area (Å²) in [6, 6.07) is -0.293. The third-order valence-corrected chi connectivity index (χ3v) is 10.7. The van der Waals surface area contributed by atoms with Crippen molar-refractivity contribution < 1.29 is 9.53 Å². The Labute approximate surface area is 183 Å². The maximum absolute atomic E-state index is 12.3. The Kier molecular flexibility index (Phi) is 5.06. The monoisotopic (exact) mass is 413 g/mol. The molecule has 30 heavy (non-hydrogen) atoms. The first kappa shape index (κ1) is 21.2. The van der Waals surface area contributed by atoms with Crippen molar-refractivity contribution in [1.82, 2.24) is 0 Å². The Balaban J connectivity index is 1.38. The van der Waals surface area contributed by atoms with Gasteiger partial charge in [0.1, 0.15) is 0 Å². The summed E-state index contributed by atoms with van der Waals surface area (Å²) in [4.78, 5) is 12.3. The van der Waals surface area contributed by atoms with E-state index in [0.29, 0.717) is 29.5 Å². The molecule has 3 heteroatoms. The quantitative estimate of drug-likeness (QED) is 0.662. The average molecular weight is 414 g/mol. The molecule has 3 nitrogen and oxygen atoms in total. The van der Waals surface area contributed by atoms with E-state index in [4.69, 9.17) is 10.5 Å². The summed E-state index contributed by atoms with van der Waals surface area (Å²) in [6.07, 6.45) is 12.5. The first-order valence-electron chi connectivity index (χ1n) is 12.8. The number of hydrogen-bond donors (Lipinski definition) is 1. The van der Waals surface area contributed by atoms with E-state index in [1.807, 2.05) is 6.08 Å². The van der Waals surface area contributed by atoms with Crippen molar-refractivity contribution in [1.29, 1.82) is 0 Å². The van der Waals surface area contributed by atoms with Gasteiger partial charge in [0.05, 0.1) is 18.2 Å². The molecule has 4 fully saturated rings. The Morgan fingerprint density at radius 2 is 2.00 bits per heavy atom. The van der Waals surface area contributed by atoms with Crippen LogP contribution in [0.1, 0.15) is 86.0 Å². The Morgan fingerprint density at radius 3 is 2.73 bits per heavy atom. The van der Waals surface area contributed by atoms with Crippen molar-refractivity contribution in [3.05, 3.63) is 11.6 Å². The fourth-order valence-corrected chi connectivity index (χ4v) is 9.20. The molecule has 5 aliphatic rings. The predicted molar refractivity (Wildman–Crippen MR) is 121 cm³/mol. The van der Waals surface area contributed by atoms with Gasteiger partial charge in [-0.05, 0) is 104 Å². The minimum atomic E-state index is -0.293. The van der Waals surface area contributed by atoms with Crippen LogP contribution >= 0.6 is 0 Å². The molecule has 0 bridgehead atoms. The lowest BCUT2D eigenvalue weighted by Gasteiger charge is -2.58. The molecule has 1 aliphatic heterocycles. The molecular weight excluding hydrogens is 370 g/mol. The number of allylic oxidation sites excluding steroid dienone is 1. The molecule has 5 rings (SSSR count). The fourth-order valence-electron chi connectivity index (χ4n) is 9.20. The number of hydrogen-bond acceptors (Lipinski definition) is 3. The number of rotatable bonds is 3. The third kappa shape index (κ3) is 2.94. The molecule has 0 aromatic heterocycles. The van der Waals surface area contributed by atoms with E-state index in [1.54, 1.807) is 0 Å². The third-order valence-electron chi connectivity index (χ3n) is 10.7. The number of fused-ring (bicyclic) bond motifs is 7. The molecule has 0 aromatic rings. The van der Waals surface area contributed by atoms with Gasteiger partial charge in [-0.2, -0.15) is 0 Å². The maximum atomic E-state index is 12.3. The number of carbonyl (C=O) groups excluding carboxylic acids is 1. The van der Waals surface area contributed by atoms with Crippen LogP contribution in [0.15, 0.2) is 11.6 Å². The van der Waals surface area contributed by atoms with Gasteiger partial charge < -0.3 is 10.5 Å². The molecule has 0 amide bonds. The molecule has 1 heterocycles. The lowest BCUT2D eigenvalue weighted by Crippen LogP contribution is -2.53. The molecule has 10 atom stereocenters. The zero-order valence-corrected chi connectivity index (χ0v) is 19.8. The summed E-state index contributed by atoms with van der Waals surface area (Å²) in [6.45, 7) is 12.2. The zero-order chi connectivity index (χ0) is 21.4. The van der Waals surface area contributed by atoms with E-state index >= 15 is 0 Å². The van der Waals surface area contributed by atoms with Gasteiger partial charge in [-0.1, -0.05) is 40.2 Å². The molecule has 1 unspecified atom stereocenters. The number of ketones is 1. The van der Waals surface area contributed by atoms with E-state index in [9.17, 15) is 4.79 Å². The van der Waals surface area contributed by atoms with Crippen LogP contribution in [-0.4, -0.2) is 24.0 Å². The average Bonchev–Trinajstić information content (AvgIpc) is 3.15. The molecule has 168 valence electrons. The van der Waals surface area contributed by atoms with Crippen molar-refractivity contribution in [3.63, 3.8) is 0 Å². The van der Waals surface area contributed by atoms with Crippen LogP contribution in [0.4, 0.5) is 0 Å². The smallest absolute Gasteiger partial charge is 0.172 e.